The molecule has 0 aliphatic carbocycles. The van der Waals surface area contributed by atoms with E-state index in [2.05, 4.69) is 0 Å². The van der Waals surface area contributed by atoms with Crippen LogP contribution in [0.5, 0.6) is 11.5 Å². The fraction of sp³-hybridized carbons (Fsp3) is 0.333. The second-order valence-corrected chi connectivity index (χ2v) is 9.08. The molecule has 0 fully saturated rings. The Morgan fingerprint density at radius 3 is 2.51 bits per heavy atom. The molecule has 1 amide bonds. The summed E-state index contributed by atoms with van der Waals surface area (Å²) >= 11 is 0. The summed E-state index contributed by atoms with van der Waals surface area (Å²) in [6, 6.07) is 8.15. The maximum absolute atomic E-state index is 14.6. The minimum absolute atomic E-state index is 0.0279. The summed E-state index contributed by atoms with van der Waals surface area (Å²) < 4.78 is 55.9. The van der Waals surface area contributed by atoms with E-state index in [4.69, 9.17) is 9.47 Å². The largest absolute Gasteiger partial charge is 0.493 e. The first-order valence-electron chi connectivity index (χ1n) is 12.1. The molecule has 3 aromatic rings. The molecule has 10 heteroatoms. The van der Waals surface area contributed by atoms with E-state index >= 15 is 0 Å². The van der Waals surface area contributed by atoms with Crippen LogP contribution in [-0.2, 0) is 0 Å². The van der Waals surface area contributed by atoms with E-state index in [1.807, 2.05) is 6.92 Å². The first-order valence-corrected chi connectivity index (χ1v) is 12.1. The Kier molecular flexibility index (Phi) is 6.57. The van der Waals surface area contributed by atoms with E-state index in [1.165, 1.54) is 29.3 Å². The van der Waals surface area contributed by atoms with Crippen molar-refractivity contribution < 1.29 is 27.4 Å². The molecule has 2 aliphatic rings. The maximum Gasteiger partial charge on any atom is 0.277 e. The molecule has 0 radical (unpaired) electrons. The highest BCUT2D eigenvalue weighted by Gasteiger charge is 2.43. The summed E-state index contributed by atoms with van der Waals surface area (Å²) in [4.78, 5) is 27.9. The zero-order valence-corrected chi connectivity index (χ0v) is 20.4. The Morgan fingerprint density at radius 1 is 1.05 bits per heavy atom. The van der Waals surface area contributed by atoms with Gasteiger partial charge in [-0.2, -0.15) is 0 Å². The molecule has 0 unspecified atom stereocenters. The molecule has 5 rings (SSSR count). The molecule has 0 saturated carbocycles. The number of benzene rings is 2. The number of nitrogens with zero attached hydrogens (tertiary/aromatic N) is 3. The van der Waals surface area contributed by atoms with Gasteiger partial charge in [-0.15, -0.1) is 0 Å². The van der Waals surface area contributed by atoms with Crippen molar-refractivity contribution in [1.29, 1.82) is 0 Å². The predicted octanol–water partition coefficient (Wildman–Crippen LogP) is 4.37. The number of hydrogen-bond acceptors (Lipinski definition) is 5. The number of ether oxygens (including phenoxy) is 2. The average molecular weight is 514 g/mol. The van der Waals surface area contributed by atoms with Gasteiger partial charge >= 0.3 is 0 Å². The molecule has 194 valence electrons. The molecular weight excluding hydrogens is 487 g/mol. The molecule has 0 bridgehead atoms. The van der Waals surface area contributed by atoms with Crippen molar-refractivity contribution in [2.75, 3.05) is 25.3 Å². The van der Waals surface area contributed by atoms with Crippen LogP contribution >= 0.6 is 0 Å². The smallest absolute Gasteiger partial charge is 0.277 e. The number of unbranched alkanes of at least 4 members (excludes halogenated alkanes) is 1. The lowest BCUT2D eigenvalue weighted by molar-refractivity contribution is 0.0570. The van der Waals surface area contributed by atoms with E-state index in [-0.39, 0.29) is 36.0 Å². The topological polar surface area (TPSA) is 64.0 Å². The normalized spacial score (nSPS) is 18.8. The number of fused-ring (bicyclic) bond motifs is 4. The molecule has 1 aromatic heterocycles. The van der Waals surface area contributed by atoms with Gasteiger partial charge in [0.1, 0.15) is 23.8 Å². The van der Waals surface area contributed by atoms with E-state index in [0.717, 1.165) is 18.6 Å². The third-order valence-electron chi connectivity index (χ3n) is 6.73. The molecule has 2 aliphatic heterocycles. The van der Waals surface area contributed by atoms with E-state index < -0.39 is 41.0 Å². The Hall–Kier alpha value is -3.95. The van der Waals surface area contributed by atoms with E-state index in [9.17, 15) is 22.8 Å². The molecule has 37 heavy (non-hydrogen) atoms. The SMILES string of the molecule is CCCCOc1c2n(ccc1=O)N1[C@@H](c3ccc(F)cc3)c3cc(F)c(F)cc3OCC[C@@H]1N(C)C2=O. The summed E-state index contributed by atoms with van der Waals surface area (Å²) in [7, 11) is 1.60. The van der Waals surface area contributed by atoms with Crippen LogP contribution in [-0.4, -0.2) is 41.9 Å². The monoisotopic (exact) mass is 513 g/mol. The molecule has 2 atom stereocenters. The standard InChI is InChI=1S/C27H26F3N3O4/c1-3-4-12-37-26-21(34)9-11-32-25(26)27(35)31(2)23-10-13-36-22-15-20(30)19(29)14-18(22)24(33(23)32)16-5-7-17(28)8-6-16/h5-9,11,14-15,23-24H,3-4,10,12-13H2,1-2H3/t23-,24+/m1/s1. The molecule has 2 aromatic carbocycles. The number of amides is 1. The first kappa shape index (κ1) is 24.7. The van der Waals surface area contributed by atoms with Gasteiger partial charge in [0.05, 0.1) is 13.2 Å². The van der Waals surface area contributed by atoms with Crippen LogP contribution in [0.1, 0.15) is 53.8 Å². The van der Waals surface area contributed by atoms with Gasteiger partial charge in [-0.3, -0.25) is 19.3 Å². The van der Waals surface area contributed by atoms with Gasteiger partial charge in [0.2, 0.25) is 5.43 Å². The average Bonchev–Trinajstić information content (AvgIpc) is 2.87. The van der Waals surface area contributed by atoms with Crippen LogP contribution in [0.4, 0.5) is 13.2 Å². The van der Waals surface area contributed by atoms with Crippen LogP contribution in [0, 0.1) is 17.5 Å². The number of aromatic nitrogens is 1. The number of hydrogen-bond donors (Lipinski definition) is 0. The highest BCUT2D eigenvalue weighted by molar-refractivity contribution is 5.96. The molecule has 7 nitrogen and oxygen atoms in total. The van der Waals surface area contributed by atoms with E-state index in [1.54, 1.807) is 28.9 Å². The third kappa shape index (κ3) is 4.30. The van der Waals surface area contributed by atoms with Crippen molar-refractivity contribution in [2.24, 2.45) is 0 Å². The third-order valence-corrected chi connectivity index (χ3v) is 6.73. The van der Waals surface area contributed by atoms with Gasteiger partial charge in [0.15, 0.2) is 23.1 Å². The van der Waals surface area contributed by atoms with Crippen molar-refractivity contribution in [3.63, 3.8) is 0 Å². The zero-order chi connectivity index (χ0) is 26.3. The summed E-state index contributed by atoms with van der Waals surface area (Å²) in [6.45, 7) is 2.35. The highest BCUT2D eigenvalue weighted by Crippen LogP contribution is 2.41. The number of halogens is 3. The Labute approximate surface area is 211 Å². The highest BCUT2D eigenvalue weighted by atomic mass is 19.2. The lowest BCUT2D eigenvalue weighted by Crippen LogP contribution is -2.62. The Bertz CT molecular complexity index is 1390. The van der Waals surface area contributed by atoms with Gasteiger partial charge in [0, 0.05) is 37.4 Å². The molecule has 3 heterocycles. The first-order chi connectivity index (χ1) is 17.8. The molecule has 0 saturated heterocycles. The number of pyridine rings is 1. The molecule has 0 spiro atoms. The van der Waals surface area contributed by atoms with Crippen LogP contribution in [0.2, 0.25) is 0 Å². The van der Waals surface area contributed by atoms with Gasteiger partial charge in [0.25, 0.3) is 5.91 Å². The van der Waals surface area contributed by atoms with Crippen molar-refractivity contribution in [1.82, 2.24) is 9.58 Å². The summed E-state index contributed by atoms with van der Waals surface area (Å²) in [5.74, 6) is -2.96. The summed E-state index contributed by atoms with van der Waals surface area (Å²) in [5.41, 5.74) is 0.422. The van der Waals surface area contributed by atoms with Gasteiger partial charge in [-0.25, -0.2) is 13.2 Å². The van der Waals surface area contributed by atoms with Crippen molar-refractivity contribution >= 4 is 5.91 Å². The van der Waals surface area contributed by atoms with Gasteiger partial charge in [-0.05, 0) is 30.2 Å². The Morgan fingerprint density at radius 2 is 1.78 bits per heavy atom. The minimum atomic E-state index is -1.07. The lowest BCUT2D eigenvalue weighted by Gasteiger charge is -2.50. The van der Waals surface area contributed by atoms with Crippen molar-refractivity contribution in [2.45, 2.75) is 38.4 Å². The second-order valence-electron chi connectivity index (χ2n) is 9.08. The van der Waals surface area contributed by atoms with E-state index in [0.29, 0.717) is 18.4 Å². The van der Waals surface area contributed by atoms with Crippen LogP contribution < -0.4 is 19.9 Å². The zero-order valence-electron chi connectivity index (χ0n) is 20.4. The molecule has 0 N–H and O–H groups in total. The van der Waals surface area contributed by atoms with Crippen molar-refractivity contribution in [3.05, 3.63) is 93.2 Å². The lowest BCUT2D eigenvalue weighted by atomic mass is 9.94. The van der Waals surface area contributed by atoms with Crippen molar-refractivity contribution in [3.8, 4) is 11.5 Å². The van der Waals surface area contributed by atoms with Crippen LogP contribution in [0.25, 0.3) is 0 Å². The number of rotatable bonds is 5. The van der Waals surface area contributed by atoms with Gasteiger partial charge in [-0.1, -0.05) is 25.5 Å². The fourth-order valence-corrected chi connectivity index (χ4v) is 4.88. The number of carbonyl (C=O) groups excluding carboxylic acids is 1. The minimum Gasteiger partial charge on any atom is -0.493 e. The fourth-order valence-electron chi connectivity index (χ4n) is 4.88. The second kappa shape index (κ2) is 9.84. The van der Waals surface area contributed by atoms with Crippen LogP contribution in [0.3, 0.4) is 0 Å². The predicted molar refractivity (Wildman–Crippen MR) is 130 cm³/mol. The number of carbonyl (C=O) groups is 1. The summed E-state index contributed by atoms with van der Waals surface area (Å²) in [6.07, 6.45) is 2.72. The van der Waals surface area contributed by atoms with Gasteiger partial charge < -0.3 is 14.4 Å². The maximum atomic E-state index is 14.6. The quantitative estimate of drug-likeness (QED) is 0.475. The molecular formula is C27H26F3N3O4. The van der Waals surface area contributed by atoms with Crippen LogP contribution in [0.15, 0.2) is 53.5 Å². The summed E-state index contributed by atoms with van der Waals surface area (Å²) in [5, 5.41) is 1.80. The Balaban J connectivity index is 1.78.